The fourth-order valence-electron chi connectivity index (χ4n) is 2.81. The van der Waals surface area contributed by atoms with E-state index in [4.69, 9.17) is 5.73 Å². The van der Waals surface area contributed by atoms with Crippen LogP contribution in [0.15, 0.2) is 59.1 Å². The molecule has 1 atom stereocenters. The molecule has 0 radical (unpaired) electrons. The average Bonchev–Trinajstić information content (AvgIpc) is 3.17. The molecule has 0 aliphatic heterocycles. The van der Waals surface area contributed by atoms with Gasteiger partial charge in [0.1, 0.15) is 6.10 Å². The molecule has 0 bridgehead atoms. The van der Waals surface area contributed by atoms with E-state index in [2.05, 4.69) is 37.1 Å². The second kappa shape index (κ2) is 6.79. The van der Waals surface area contributed by atoms with Crippen molar-refractivity contribution in [2.24, 2.45) is 0 Å². The standard InChI is InChI=1S/C19H13BrN6O/c20-14-15(13-9-5-4-8-12(13)10-21)23-19(22)26-18(14)24-17(25-26)16(27)11-6-2-1-3-7-11/h1-9,16,27H,(H2,22,23). The first-order chi connectivity index (χ1) is 13.1. The maximum absolute atomic E-state index is 10.6. The Morgan fingerprint density at radius 3 is 2.52 bits per heavy atom. The zero-order chi connectivity index (χ0) is 19.0. The molecule has 4 aromatic rings. The van der Waals surface area contributed by atoms with Gasteiger partial charge in [-0.2, -0.15) is 9.78 Å². The topological polar surface area (TPSA) is 113 Å². The minimum Gasteiger partial charge on any atom is -0.380 e. The van der Waals surface area contributed by atoms with Gasteiger partial charge in [-0.25, -0.2) is 9.97 Å². The van der Waals surface area contributed by atoms with Crippen LogP contribution in [0.5, 0.6) is 0 Å². The van der Waals surface area contributed by atoms with Gasteiger partial charge < -0.3 is 10.8 Å². The number of nitrogens with two attached hydrogens (primary N) is 1. The smallest absolute Gasteiger partial charge is 0.223 e. The fourth-order valence-corrected chi connectivity index (χ4v) is 3.37. The third kappa shape index (κ3) is 2.93. The minimum atomic E-state index is -0.993. The number of aromatic nitrogens is 4. The number of nitrogens with zero attached hydrogens (tertiary/aromatic N) is 5. The summed E-state index contributed by atoms with van der Waals surface area (Å²) in [5.41, 5.74) is 8.75. The summed E-state index contributed by atoms with van der Waals surface area (Å²) in [5.74, 6) is 0.316. The molecular weight excluding hydrogens is 408 g/mol. The largest absolute Gasteiger partial charge is 0.380 e. The lowest BCUT2D eigenvalue weighted by Crippen LogP contribution is -2.06. The molecule has 27 heavy (non-hydrogen) atoms. The van der Waals surface area contributed by atoms with E-state index in [1.165, 1.54) is 4.52 Å². The second-order valence-electron chi connectivity index (χ2n) is 5.81. The van der Waals surface area contributed by atoms with Gasteiger partial charge >= 0.3 is 0 Å². The number of hydrogen-bond acceptors (Lipinski definition) is 6. The summed E-state index contributed by atoms with van der Waals surface area (Å²) < 4.78 is 1.91. The Hall–Kier alpha value is -3.28. The number of aliphatic hydroxyl groups excluding tert-OH is 1. The first kappa shape index (κ1) is 17.1. The van der Waals surface area contributed by atoms with Crippen molar-refractivity contribution in [3.63, 3.8) is 0 Å². The van der Waals surface area contributed by atoms with E-state index in [9.17, 15) is 10.4 Å². The van der Waals surface area contributed by atoms with E-state index in [-0.39, 0.29) is 11.8 Å². The van der Waals surface area contributed by atoms with Crippen molar-refractivity contribution in [1.29, 1.82) is 5.26 Å². The summed E-state index contributed by atoms with van der Waals surface area (Å²) in [4.78, 5) is 8.83. The van der Waals surface area contributed by atoms with Gasteiger partial charge in [0.05, 0.1) is 21.8 Å². The lowest BCUT2D eigenvalue weighted by atomic mass is 10.1. The SMILES string of the molecule is N#Cc1ccccc1-c1nc(N)n2nc(C(O)c3ccccc3)nc2c1Br. The average molecular weight is 421 g/mol. The van der Waals surface area contributed by atoms with Gasteiger partial charge in [-0.05, 0) is 27.6 Å². The minimum absolute atomic E-state index is 0.106. The Bertz CT molecular complexity index is 1180. The number of nitriles is 1. The number of nitrogen functional groups attached to an aromatic ring is 1. The molecule has 8 heteroatoms. The summed E-state index contributed by atoms with van der Waals surface area (Å²) in [6, 6.07) is 18.4. The quantitative estimate of drug-likeness (QED) is 0.526. The van der Waals surface area contributed by atoms with E-state index in [1.54, 1.807) is 30.3 Å². The van der Waals surface area contributed by atoms with Gasteiger partial charge in [0.2, 0.25) is 5.95 Å². The van der Waals surface area contributed by atoms with Crippen molar-refractivity contribution in [2.45, 2.75) is 6.10 Å². The number of anilines is 1. The van der Waals surface area contributed by atoms with Crippen molar-refractivity contribution in [1.82, 2.24) is 19.6 Å². The molecular formula is C19H13BrN6O. The number of aliphatic hydroxyl groups is 1. The van der Waals surface area contributed by atoms with Crippen molar-refractivity contribution in [2.75, 3.05) is 5.73 Å². The molecule has 4 rings (SSSR count). The molecule has 132 valence electrons. The predicted molar refractivity (Wildman–Crippen MR) is 104 cm³/mol. The Labute approximate surface area is 162 Å². The third-order valence-electron chi connectivity index (χ3n) is 4.13. The molecule has 2 aromatic heterocycles. The second-order valence-corrected chi connectivity index (χ2v) is 6.60. The van der Waals surface area contributed by atoms with Gasteiger partial charge in [0.25, 0.3) is 0 Å². The predicted octanol–water partition coefficient (Wildman–Crippen LogP) is 3.09. The molecule has 3 N–H and O–H groups in total. The molecule has 0 saturated heterocycles. The summed E-state index contributed by atoms with van der Waals surface area (Å²) in [7, 11) is 0. The summed E-state index contributed by atoms with van der Waals surface area (Å²) in [6.45, 7) is 0. The van der Waals surface area contributed by atoms with Crippen molar-refractivity contribution in [3.8, 4) is 17.3 Å². The van der Waals surface area contributed by atoms with Crippen LogP contribution in [-0.2, 0) is 0 Å². The van der Waals surface area contributed by atoms with E-state index in [1.807, 2.05) is 24.3 Å². The van der Waals surface area contributed by atoms with Gasteiger partial charge in [0.15, 0.2) is 11.5 Å². The third-order valence-corrected chi connectivity index (χ3v) is 4.86. The van der Waals surface area contributed by atoms with Crippen LogP contribution in [0.1, 0.15) is 23.1 Å². The Balaban J connectivity index is 1.89. The maximum atomic E-state index is 10.6. The molecule has 0 saturated carbocycles. The highest BCUT2D eigenvalue weighted by Gasteiger charge is 2.22. The summed E-state index contributed by atoms with van der Waals surface area (Å²) in [6.07, 6.45) is -0.993. The molecule has 0 fully saturated rings. The first-order valence-electron chi connectivity index (χ1n) is 8.04. The van der Waals surface area contributed by atoms with Crippen molar-refractivity contribution < 1.29 is 5.11 Å². The zero-order valence-electron chi connectivity index (χ0n) is 13.9. The van der Waals surface area contributed by atoms with E-state index in [0.717, 1.165) is 0 Å². The lowest BCUT2D eigenvalue weighted by Gasteiger charge is -2.08. The Kier molecular flexibility index (Phi) is 4.32. The Morgan fingerprint density at radius 1 is 1.07 bits per heavy atom. The van der Waals surface area contributed by atoms with Crippen LogP contribution < -0.4 is 5.73 Å². The number of benzene rings is 2. The number of halogens is 1. The molecule has 2 heterocycles. The molecule has 0 amide bonds. The number of hydrogen-bond donors (Lipinski definition) is 2. The van der Waals surface area contributed by atoms with E-state index in [0.29, 0.717) is 32.5 Å². The van der Waals surface area contributed by atoms with Crippen LogP contribution in [-0.4, -0.2) is 24.7 Å². The van der Waals surface area contributed by atoms with Crippen LogP contribution in [0.2, 0.25) is 0 Å². The highest BCUT2D eigenvalue weighted by Crippen LogP contribution is 2.33. The molecule has 0 aliphatic carbocycles. The normalized spacial score (nSPS) is 12.0. The highest BCUT2D eigenvalue weighted by atomic mass is 79.9. The first-order valence-corrected chi connectivity index (χ1v) is 8.83. The number of fused-ring (bicyclic) bond motifs is 1. The maximum Gasteiger partial charge on any atom is 0.223 e. The van der Waals surface area contributed by atoms with Gasteiger partial charge in [-0.1, -0.05) is 48.5 Å². The van der Waals surface area contributed by atoms with Gasteiger partial charge in [-0.15, -0.1) is 5.10 Å². The van der Waals surface area contributed by atoms with Crippen LogP contribution in [0, 0.1) is 11.3 Å². The van der Waals surface area contributed by atoms with Crippen LogP contribution >= 0.6 is 15.9 Å². The van der Waals surface area contributed by atoms with E-state index < -0.39 is 6.10 Å². The van der Waals surface area contributed by atoms with Crippen LogP contribution in [0.4, 0.5) is 5.95 Å². The van der Waals surface area contributed by atoms with Gasteiger partial charge in [-0.3, -0.25) is 0 Å². The molecule has 0 aliphatic rings. The van der Waals surface area contributed by atoms with Crippen molar-refractivity contribution in [3.05, 3.63) is 76.0 Å². The fraction of sp³-hybridized carbons (Fsp3) is 0.0526. The molecule has 1 unspecified atom stereocenters. The zero-order valence-corrected chi connectivity index (χ0v) is 15.5. The highest BCUT2D eigenvalue weighted by molar-refractivity contribution is 9.10. The van der Waals surface area contributed by atoms with Crippen LogP contribution in [0.3, 0.4) is 0 Å². The molecule has 7 nitrogen and oxygen atoms in total. The summed E-state index contributed by atoms with van der Waals surface area (Å²) in [5, 5.41) is 24.3. The molecule has 0 spiro atoms. The number of rotatable bonds is 3. The monoisotopic (exact) mass is 420 g/mol. The summed E-state index contributed by atoms with van der Waals surface area (Å²) >= 11 is 3.50. The van der Waals surface area contributed by atoms with E-state index >= 15 is 0 Å². The van der Waals surface area contributed by atoms with Gasteiger partial charge in [0, 0.05) is 5.56 Å². The molecule has 2 aromatic carbocycles. The lowest BCUT2D eigenvalue weighted by molar-refractivity contribution is 0.210. The van der Waals surface area contributed by atoms with Crippen molar-refractivity contribution >= 4 is 27.5 Å². The van der Waals surface area contributed by atoms with Crippen LogP contribution in [0.25, 0.3) is 16.9 Å². The Morgan fingerprint density at radius 2 is 1.78 bits per heavy atom.